The number of hydrogen-bond acceptors (Lipinski definition) is 3. The molecule has 0 saturated carbocycles. The van der Waals surface area contributed by atoms with Gasteiger partial charge in [0.15, 0.2) is 6.73 Å². The summed E-state index contributed by atoms with van der Waals surface area (Å²) in [5.41, 5.74) is -0.343. The van der Waals surface area contributed by atoms with Gasteiger partial charge in [-0.05, 0) is 0 Å². The van der Waals surface area contributed by atoms with E-state index in [-0.39, 0.29) is 5.56 Å². The molecule has 0 amide bonds. The van der Waals surface area contributed by atoms with Crippen LogP contribution >= 0.6 is 0 Å². The van der Waals surface area contributed by atoms with Gasteiger partial charge in [-0.3, -0.25) is 5.01 Å². The van der Waals surface area contributed by atoms with Crippen LogP contribution in [0.3, 0.4) is 0 Å². The minimum Gasteiger partial charge on any atom is -0.467 e. The second-order valence-electron chi connectivity index (χ2n) is 3.86. The van der Waals surface area contributed by atoms with Gasteiger partial charge < -0.3 is 4.74 Å². The average Bonchev–Trinajstić information content (AvgIpc) is 2.71. The SMILES string of the molecule is NN1COC(C(F)(F)C(F)(F)F)=C1c1ccccc1. The van der Waals surface area contributed by atoms with E-state index in [9.17, 15) is 22.0 Å². The predicted molar refractivity (Wildman–Crippen MR) is 56.3 cm³/mol. The topological polar surface area (TPSA) is 38.5 Å². The molecule has 0 aromatic heterocycles. The summed E-state index contributed by atoms with van der Waals surface area (Å²) < 4.78 is 68.3. The van der Waals surface area contributed by atoms with Crippen molar-refractivity contribution in [3.05, 3.63) is 41.7 Å². The van der Waals surface area contributed by atoms with Gasteiger partial charge in [-0.1, -0.05) is 30.3 Å². The molecule has 0 aliphatic carbocycles. The van der Waals surface area contributed by atoms with Gasteiger partial charge in [0.2, 0.25) is 5.76 Å². The van der Waals surface area contributed by atoms with Crippen LogP contribution in [0.2, 0.25) is 0 Å². The van der Waals surface area contributed by atoms with Crippen LogP contribution in [-0.2, 0) is 4.74 Å². The number of benzene rings is 1. The molecule has 1 heterocycles. The van der Waals surface area contributed by atoms with E-state index in [0.29, 0.717) is 5.01 Å². The first-order valence-corrected chi connectivity index (χ1v) is 5.15. The minimum absolute atomic E-state index is 0.126. The van der Waals surface area contributed by atoms with Crippen molar-refractivity contribution in [2.75, 3.05) is 6.73 Å². The number of hydrogen-bond donors (Lipinski definition) is 1. The molecule has 0 radical (unpaired) electrons. The summed E-state index contributed by atoms with van der Waals surface area (Å²) in [4.78, 5) is 0. The molecule has 8 heteroatoms. The maximum Gasteiger partial charge on any atom is 0.461 e. The Bertz CT molecular complexity index is 498. The molecule has 1 aliphatic heterocycles. The molecular weight excluding hydrogens is 271 g/mol. The first-order valence-electron chi connectivity index (χ1n) is 5.15. The van der Waals surface area contributed by atoms with E-state index in [4.69, 9.17) is 5.84 Å². The largest absolute Gasteiger partial charge is 0.467 e. The number of nitrogens with two attached hydrogens (primary N) is 1. The number of halogens is 5. The summed E-state index contributed by atoms with van der Waals surface area (Å²) in [5.74, 6) is -1.18. The molecule has 0 unspecified atom stereocenters. The Morgan fingerprint density at radius 3 is 2.16 bits per heavy atom. The number of hydrazine groups is 1. The number of nitrogens with zero attached hydrogens (tertiary/aromatic N) is 1. The third-order valence-corrected chi connectivity index (χ3v) is 2.54. The first kappa shape index (κ1) is 13.6. The van der Waals surface area contributed by atoms with Crippen LogP contribution in [0.25, 0.3) is 5.70 Å². The Labute approximate surface area is 105 Å². The lowest BCUT2D eigenvalue weighted by molar-refractivity contribution is -0.275. The lowest BCUT2D eigenvalue weighted by atomic mass is 10.1. The normalized spacial score (nSPS) is 16.8. The highest BCUT2D eigenvalue weighted by atomic mass is 19.4. The lowest BCUT2D eigenvalue weighted by Gasteiger charge is -2.20. The number of allylic oxidation sites excluding steroid dienone is 1. The quantitative estimate of drug-likeness (QED) is 0.668. The highest BCUT2D eigenvalue weighted by molar-refractivity contribution is 5.68. The lowest BCUT2D eigenvalue weighted by Crippen LogP contribution is -2.39. The molecule has 19 heavy (non-hydrogen) atoms. The van der Waals surface area contributed by atoms with Crippen LogP contribution in [0.5, 0.6) is 0 Å². The fourth-order valence-corrected chi connectivity index (χ4v) is 1.66. The number of rotatable bonds is 2. The Morgan fingerprint density at radius 2 is 1.63 bits per heavy atom. The van der Waals surface area contributed by atoms with Gasteiger partial charge in [0.1, 0.15) is 5.70 Å². The van der Waals surface area contributed by atoms with Crippen molar-refractivity contribution in [2.24, 2.45) is 5.84 Å². The summed E-state index contributed by atoms with van der Waals surface area (Å²) >= 11 is 0. The Morgan fingerprint density at radius 1 is 1.05 bits per heavy atom. The van der Waals surface area contributed by atoms with Gasteiger partial charge in [0.25, 0.3) is 0 Å². The van der Waals surface area contributed by atoms with Gasteiger partial charge in [-0.2, -0.15) is 22.0 Å². The van der Waals surface area contributed by atoms with Crippen LogP contribution in [-0.4, -0.2) is 23.8 Å². The molecule has 0 atom stereocenters. The van der Waals surface area contributed by atoms with Crippen molar-refractivity contribution in [1.82, 2.24) is 5.01 Å². The first-order chi connectivity index (χ1) is 8.75. The van der Waals surface area contributed by atoms with E-state index >= 15 is 0 Å². The third kappa shape index (κ3) is 2.23. The fraction of sp³-hybridized carbons (Fsp3) is 0.273. The van der Waals surface area contributed by atoms with Crippen molar-refractivity contribution in [3.63, 3.8) is 0 Å². The van der Waals surface area contributed by atoms with Crippen molar-refractivity contribution in [1.29, 1.82) is 0 Å². The fourth-order valence-electron chi connectivity index (χ4n) is 1.66. The third-order valence-electron chi connectivity index (χ3n) is 2.54. The van der Waals surface area contributed by atoms with Crippen LogP contribution in [0.1, 0.15) is 5.56 Å². The molecule has 1 aromatic carbocycles. The molecule has 0 bridgehead atoms. The second kappa shape index (κ2) is 4.37. The zero-order valence-corrected chi connectivity index (χ0v) is 9.42. The highest BCUT2D eigenvalue weighted by Crippen LogP contribution is 2.46. The maximum absolute atomic E-state index is 13.4. The van der Waals surface area contributed by atoms with E-state index in [1.165, 1.54) is 24.3 Å². The molecule has 1 aromatic rings. The van der Waals surface area contributed by atoms with Crippen LogP contribution < -0.4 is 5.84 Å². The summed E-state index contributed by atoms with van der Waals surface area (Å²) in [6.45, 7) is -0.564. The molecule has 104 valence electrons. The Kier molecular flexibility index (Phi) is 3.13. The standard InChI is InChI=1S/C11H9F5N2O/c12-10(13,11(14,15)16)9-8(18(17)6-19-9)7-4-2-1-3-5-7/h1-5H,6,17H2. The van der Waals surface area contributed by atoms with Gasteiger partial charge in [-0.25, -0.2) is 5.84 Å². The molecule has 0 saturated heterocycles. The smallest absolute Gasteiger partial charge is 0.461 e. The van der Waals surface area contributed by atoms with E-state index in [1.807, 2.05) is 0 Å². The maximum atomic E-state index is 13.4. The van der Waals surface area contributed by atoms with Gasteiger partial charge >= 0.3 is 12.1 Å². The summed E-state index contributed by atoms with van der Waals surface area (Å²) in [6.07, 6.45) is -5.74. The van der Waals surface area contributed by atoms with Crippen molar-refractivity contribution in [3.8, 4) is 0 Å². The molecule has 2 rings (SSSR count). The monoisotopic (exact) mass is 280 g/mol. The van der Waals surface area contributed by atoms with E-state index < -0.39 is 30.3 Å². The average molecular weight is 280 g/mol. The number of alkyl halides is 5. The minimum atomic E-state index is -5.74. The molecule has 0 spiro atoms. The van der Waals surface area contributed by atoms with Crippen molar-refractivity contribution < 1.29 is 26.7 Å². The van der Waals surface area contributed by atoms with Gasteiger partial charge in [-0.15, -0.1) is 0 Å². The second-order valence-corrected chi connectivity index (χ2v) is 3.86. The molecule has 1 aliphatic rings. The van der Waals surface area contributed by atoms with E-state index in [2.05, 4.69) is 4.74 Å². The Balaban J connectivity index is 2.56. The van der Waals surface area contributed by atoms with Crippen LogP contribution in [0.15, 0.2) is 36.1 Å². The molecule has 0 fully saturated rings. The van der Waals surface area contributed by atoms with Crippen LogP contribution in [0, 0.1) is 0 Å². The Hall–Kier alpha value is -1.83. The van der Waals surface area contributed by atoms with E-state index in [0.717, 1.165) is 0 Å². The highest BCUT2D eigenvalue weighted by Gasteiger charge is 2.64. The molecular formula is C11H9F5N2O. The van der Waals surface area contributed by atoms with Crippen LogP contribution in [0.4, 0.5) is 22.0 Å². The molecule has 2 N–H and O–H groups in total. The summed E-state index contributed by atoms with van der Waals surface area (Å²) in [6, 6.07) is 7.34. The zero-order valence-electron chi connectivity index (χ0n) is 9.42. The zero-order chi connectivity index (χ0) is 14.3. The van der Waals surface area contributed by atoms with Crippen molar-refractivity contribution in [2.45, 2.75) is 12.1 Å². The van der Waals surface area contributed by atoms with E-state index in [1.54, 1.807) is 6.07 Å². The number of ether oxygens (including phenoxy) is 1. The van der Waals surface area contributed by atoms with Gasteiger partial charge in [0.05, 0.1) is 0 Å². The van der Waals surface area contributed by atoms with Gasteiger partial charge in [0, 0.05) is 5.56 Å². The van der Waals surface area contributed by atoms with Crippen molar-refractivity contribution >= 4 is 5.70 Å². The predicted octanol–water partition coefficient (Wildman–Crippen LogP) is 2.72. The molecule has 3 nitrogen and oxygen atoms in total. The summed E-state index contributed by atoms with van der Waals surface area (Å²) in [5, 5.41) is 0.713. The summed E-state index contributed by atoms with van der Waals surface area (Å²) in [7, 11) is 0.